The van der Waals surface area contributed by atoms with E-state index < -0.39 is 0 Å². The molecule has 0 bridgehead atoms. The zero-order valence-electron chi connectivity index (χ0n) is 9.14. The van der Waals surface area contributed by atoms with Gasteiger partial charge < -0.3 is 5.32 Å². The van der Waals surface area contributed by atoms with Crippen molar-refractivity contribution in [3.05, 3.63) is 34.0 Å². The largest absolute Gasteiger partial charge is 0.344 e. The van der Waals surface area contributed by atoms with Gasteiger partial charge in [0.2, 0.25) is 0 Å². The van der Waals surface area contributed by atoms with Crippen LogP contribution in [0.4, 0.5) is 0 Å². The van der Waals surface area contributed by atoms with E-state index in [2.05, 4.69) is 20.5 Å². The minimum Gasteiger partial charge on any atom is -0.344 e. The number of rotatable bonds is 4. The Balaban J connectivity index is 1.60. The number of carbonyl (C=O) groups is 1. The van der Waals surface area contributed by atoms with E-state index >= 15 is 0 Å². The fraction of sp³-hybridized carbons (Fsp3) is 0.364. The van der Waals surface area contributed by atoms with Crippen molar-refractivity contribution in [1.29, 1.82) is 0 Å². The summed E-state index contributed by atoms with van der Waals surface area (Å²) in [6.45, 7) is 0.460. The van der Waals surface area contributed by atoms with E-state index in [0.29, 0.717) is 18.2 Å². The van der Waals surface area contributed by atoms with E-state index in [-0.39, 0.29) is 5.91 Å². The maximum atomic E-state index is 11.8. The summed E-state index contributed by atoms with van der Waals surface area (Å²) in [4.78, 5) is 15.9. The molecule has 1 amide bonds. The average Bonchev–Trinajstić information content (AvgIpc) is 2.88. The highest BCUT2D eigenvalue weighted by Gasteiger charge is 2.26. The Hall–Kier alpha value is -1.69. The van der Waals surface area contributed by atoms with Crippen molar-refractivity contribution < 1.29 is 4.79 Å². The third kappa shape index (κ3) is 2.36. The van der Waals surface area contributed by atoms with Crippen LogP contribution in [0.5, 0.6) is 0 Å². The Morgan fingerprint density at radius 2 is 2.47 bits per heavy atom. The molecule has 1 saturated carbocycles. The minimum absolute atomic E-state index is 0.150. The average molecular weight is 248 g/mol. The van der Waals surface area contributed by atoms with E-state index in [0.717, 1.165) is 10.7 Å². The molecule has 6 heteroatoms. The molecule has 2 N–H and O–H groups in total. The first kappa shape index (κ1) is 10.5. The number of nitrogens with one attached hydrogen (secondary N) is 2. The van der Waals surface area contributed by atoms with Crippen molar-refractivity contribution in [2.45, 2.75) is 25.3 Å². The Morgan fingerprint density at radius 1 is 1.59 bits per heavy atom. The molecule has 0 aromatic carbocycles. The van der Waals surface area contributed by atoms with Crippen LogP contribution in [0.3, 0.4) is 0 Å². The molecule has 1 fully saturated rings. The van der Waals surface area contributed by atoms with Crippen molar-refractivity contribution in [3.8, 4) is 0 Å². The Morgan fingerprint density at radius 3 is 3.18 bits per heavy atom. The quantitative estimate of drug-likeness (QED) is 0.864. The SMILES string of the molecule is O=C(NCc1nccs1)c1cc(C2CC2)[nH]n1. The molecule has 1 aliphatic rings. The maximum Gasteiger partial charge on any atom is 0.272 e. The summed E-state index contributed by atoms with van der Waals surface area (Å²) in [6.07, 6.45) is 4.12. The van der Waals surface area contributed by atoms with Gasteiger partial charge in [0.1, 0.15) is 10.7 Å². The molecule has 0 spiro atoms. The first-order valence-electron chi connectivity index (χ1n) is 5.55. The summed E-state index contributed by atoms with van der Waals surface area (Å²) in [5.41, 5.74) is 1.54. The Bertz CT molecular complexity index is 515. The van der Waals surface area contributed by atoms with E-state index in [9.17, 15) is 4.79 Å². The van der Waals surface area contributed by atoms with Crippen LogP contribution in [0.2, 0.25) is 0 Å². The summed E-state index contributed by atoms with van der Waals surface area (Å²) in [6, 6.07) is 1.84. The van der Waals surface area contributed by atoms with Gasteiger partial charge in [-0.25, -0.2) is 4.98 Å². The molecule has 2 aromatic rings. The first-order valence-corrected chi connectivity index (χ1v) is 6.43. The van der Waals surface area contributed by atoms with Gasteiger partial charge >= 0.3 is 0 Å². The zero-order valence-corrected chi connectivity index (χ0v) is 9.96. The number of aromatic nitrogens is 3. The molecule has 0 saturated heterocycles. The van der Waals surface area contributed by atoms with Gasteiger partial charge in [-0.1, -0.05) is 0 Å². The molecule has 88 valence electrons. The number of hydrogen-bond acceptors (Lipinski definition) is 4. The zero-order chi connectivity index (χ0) is 11.7. The summed E-state index contributed by atoms with van der Waals surface area (Å²) >= 11 is 1.53. The molecule has 5 nitrogen and oxygen atoms in total. The van der Waals surface area contributed by atoms with Gasteiger partial charge in [0.05, 0.1) is 6.54 Å². The fourth-order valence-electron chi connectivity index (χ4n) is 1.64. The normalized spacial score (nSPS) is 14.8. The van der Waals surface area contributed by atoms with E-state index in [4.69, 9.17) is 0 Å². The molecule has 0 atom stereocenters. The lowest BCUT2D eigenvalue weighted by Gasteiger charge is -1.98. The van der Waals surface area contributed by atoms with Crippen molar-refractivity contribution in [2.24, 2.45) is 0 Å². The molecule has 0 unspecified atom stereocenters. The van der Waals surface area contributed by atoms with Gasteiger partial charge in [0, 0.05) is 23.2 Å². The number of amides is 1. The molecular weight excluding hydrogens is 236 g/mol. The predicted octanol–water partition coefficient (Wildman–Crippen LogP) is 1.67. The van der Waals surface area contributed by atoms with E-state index in [1.807, 2.05) is 11.4 Å². The highest BCUT2D eigenvalue weighted by Crippen LogP contribution is 2.38. The number of H-pyrrole nitrogens is 1. The van der Waals surface area contributed by atoms with E-state index in [1.165, 1.54) is 24.2 Å². The molecule has 2 aromatic heterocycles. The topological polar surface area (TPSA) is 70.7 Å². The standard InChI is InChI=1S/C11H12N4OS/c16-11(13-6-10-12-3-4-17-10)9-5-8(14-15-9)7-1-2-7/h3-5,7H,1-2,6H2,(H,13,16)(H,14,15). The summed E-state index contributed by atoms with van der Waals surface area (Å²) in [5.74, 6) is 0.436. The van der Waals surface area contributed by atoms with Crippen LogP contribution in [0.15, 0.2) is 17.6 Å². The number of carbonyl (C=O) groups excluding carboxylic acids is 1. The van der Waals surface area contributed by atoms with Crippen LogP contribution in [0, 0.1) is 0 Å². The van der Waals surface area contributed by atoms with Gasteiger partial charge in [-0.05, 0) is 18.9 Å². The molecule has 3 rings (SSSR count). The second-order valence-corrected chi connectivity index (χ2v) is 5.07. The van der Waals surface area contributed by atoms with Crippen LogP contribution < -0.4 is 5.32 Å². The Labute approximate surface area is 102 Å². The molecule has 0 radical (unpaired) electrons. The van der Waals surface area contributed by atoms with Gasteiger partial charge in [0.25, 0.3) is 5.91 Å². The van der Waals surface area contributed by atoms with Gasteiger partial charge in [-0.3, -0.25) is 9.89 Å². The lowest BCUT2D eigenvalue weighted by Crippen LogP contribution is -2.23. The number of aromatic amines is 1. The maximum absolute atomic E-state index is 11.8. The van der Waals surface area contributed by atoms with Crippen molar-refractivity contribution >= 4 is 17.2 Å². The van der Waals surface area contributed by atoms with Gasteiger partial charge in [0.15, 0.2) is 0 Å². The molecule has 1 aliphatic carbocycles. The fourth-order valence-corrected chi connectivity index (χ4v) is 2.20. The summed E-state index contributed by atoms with van der Waals surface area (Å²) < 4.78 is 0. The highest BCUT2D eigenvalue weighted by atomic mass is 32.1. The lowest BCUT2D eigenvalue weighted by molar-refractivity contribution is 0.0946. The van der Waals surface area contributed by atoms with Crippen LogP contribution in [0.25, 0.3) is 0 Å². The molecule has 0 aliphatic heterocycles. The minimum atomic E-state index is -0.150. The predicted molar refractivity (Wildman–Crippen MR) is 63.8 cm³/mol. The van der Waals surface area contributed by atoms with Crippen LogP contribution in [-0.4, -0.2) is 21.1 Å². The highest BCUT2D eigenvalue weighted by molar-refractivity contribution is 7.09. The first-order chi connectivity index (χ1) is 8.33. The third-order valence-electron chi connectivity index (χ3n) is 2.73. The number of thiazole rings is 1. The second-order valence-electron chi connectivity index (χ2n) is 4.09. The summed E-state index contributed by atoms with van der Waals surface area (Å²) in [5, 5.41) is 12.5. The van der Waals surface area contributed by atoms with Crippen LogP contribution in [0.1, 0.15) is 39.9 Å². The number of nitrogens with zero attached hydrogens (tertiary/aromatic N) is 2. The number of hydrogen-bond donors (Lipinski definition) is 2. The van der Waals surface area contributed by atoms with Crippen molar-refractivity contribution in [3.63, 3.8) is 0 Å². The molecular formula is C11H12N4OS. The van der Waals surface area contributed by atoms with Gasteiger partial charge in [-0.2, -0.15) is 5.10 Å². The monoisotopic (exact) mass is 248 g/mol. The Kier molecular flexibility index (Phi) is 2.64. The smallest absolute Gasteiger partial charge is 0.272 e. The lowest BCUT2D eigenvalue weighted by atomic mass is 10.2. The molecule has 2 heterocycles. The van der Waals surface area contributed by atoms with E-state index in [1.54, 1.807) is 6.20 Å². The van der Waals surface area contributed by atoms with Crippen molar-refractivity contribution in [2.75, 3.05) is 0 Å². The van der Waals surface area contributed by atoms with Crippen molar-refractivity contribution in [1.82, 2.24) is 20.5 Å². The second kappa shape index (κ2) is 4.29. The summed E-state index contributed by atoms with van der Waals surface area (Å²) in [7, 11) is 0. The third-order valence-corrected chi connectivity index (χ3v) is 3.51. The molecule has 17 heavy (non-hydrogen) atoms. The van der Waals surface area contributed by atoms with Crippen LogP contribution >= 0.6 is 11.3 Å². The van der Waals surface area contributed by atoms with Gasteiger partial charge in [-0.15, -0.1) is 11.3 Å². The van der Waals surface area contributed by atoms with Crippen LogP contribution in [-0.2, 0) is 6.54 Å².